The number of amides is 2. The van der Waals surface area contributed by atoms with Crippen molar-refractivity contribution in [2.45, 2.75) is 45.4 Å². The van der Waals surface area contributed by atoms with Crippen LogP contribution < -0.4 is 15.8 Å². The molecule has 0 aliphatic heterocycles. The summed E-state index contributed by atoms with van der Waals surface area (Å²) in [6.45, 7) is 9.23. The lowest BCUT2D eigenvalue weighted by molar-refractivity contribution is -0.125. The van der Waals surface area contributed by atoms with Gasteiger partial charge in [-0.05, 0) is 72.6 Å². The third-order valence-corrected chi connectivity index (χ3v) is 6.97. The Hall–Kier alpha value is -4.34. The normalized spacial score (nSPS) is 12.8. The highest BCUT2D eigenvalue weighted by atomic mass is 19.1. The summed E-state index contributed by atoms with van der Waals surface area (Å²) in [5, 5.41) is 2.70. The van der Waals surface area contributed by atoms with Crippen molar-refractivity contribution in [2.75, 3.05) is 31.2 Å². The summed E-state index contributed by atoms with van der Waals surface area (Å²) in [6, 6.07) is 5.74. The van der Waals surface area contributed by atoms with Crippen LogP contribution in [0.4, 0.5) is 20.3 Å². The van der Waals surface area contributed by atoms with Crippen molar-refractivity contribution in [3.8, 4) is 17.0 Å². The highest BCUT2D eigenvalue weighted by molar-refractivity contribution is 6.06. The van der Waals surface area contributed by atoms with Gasteiger partial charge < -0.3 is 20.7 Å². The number of anilines is 2. The number of rotatable bonds is 10. The smallest absolute Gasteiger partial charge is 0.258 e. The van der Waals surface area contributed by atoms with E-state index in [1.54, 1.807) is 14.0 Å². The molecule has 1 aromatic heterocycles. The van der Waals surface area contributed by atoms with Gasteiger partial charge in [0.15, 0.2) is 11.6 Å². The van der Waals surface area contributed by atoms with Gasteiger partial charge in [0.1, 0.15) is 30.3 Å². The molecule has 210 valence electrons. The van der Waals surface area contributed by atoms with E-state index in [-0.39, 0.29) is 53.5 Å². The van der Waals surface area contributed by atoms with Crippen LogP contribution in [-0.4, -0.2) is 46.9 Å². The number of nitrogen functional groups attached to an aromatic ring is 1. The van der Waals surface area contributed by atoms with E-state index in [9.17, 15) is 14.0 Å². The molecule has 0 saturated heterocycles. The Labute approximate surface area is 232 Å². The van der Waals surface area contributed by atoms with Crippen LogP contribution in [0, 0.1) is 18.6 Å². The predicted molar refractivity (Wildman–Crippen MR) is 150 cm³/mol. The number of nitrogens with zero attached hydrogens (tertiary/aromatic N) is 3. The van der Waals surface area contributed by atoms with Crippen LogP contribution in [-0.2, 0) is 4.79 Å². The molecule has 8 nitrogen and oxygen atoms in total. The highest BCUT2D eigenvalue weighted by Crippen LogP contribution is 2.42. The molecular formula is C30H33F2N5O3. The molecule has 3 aromatic rings. The van der Waals surface area contributed by atoms with Gasteiger partial charge in [-0.25, -0.2) is 18.7 Å². The molecule has 3 N–H and O–H groups in total. The maximum absolute atomic E-state index is 15.3. The van der Waals surface area contributed by atoms with Gasteiger partial charge in [0, 0.05) is 18.3 Å². The molecule has 2 aromatic carbocycles. The topological polar surface area (TPSA) is 110 Å². The molecule has 1 saturated carbocycles. The minimum atomic E-state index is -0.670. The number of hydrogen-bond donors (Lipinski definition) is 2. The monoisotopic (exact) mass is 549 g/mol. The molecule has 1 aliphatic carbocycles. The van der Waals surface area contributed by atoms with Crippen LogP contribution in [0.1, 0.15) is 65.6 Å². The Morgan fingerprint density at radius 3 is 2.60 bits per heavy atom. The molecule has 0 radical (unpaired) electrons. The Bertz CT molecular complexity index is 1470. The first-order valence-corrected chi connectivity index (χ1v) is 13.1. The van der Waals surface area contributed by atoms with E-state index in [0.29, 0.717) is 22.6 Å². The Morgan fingerprint density at radius 1 is 1.23 bits per heavy atom. The van der Waals surface area contributed by atoms with Crippen LogP contribution in [0.15, 0.2) is 43.2 Å². The van der Waals surface area contributed by atoms with Crippen molar-refractivity contribution >= 4 is 23.3 Å². The molecule has 0 atom stereocenters. The van der Waals surface area contributed by atoms with Gasteiger partial charge in [0.25, 0.3) is 5.91 Å². The summed E-state index contributed by atoms with van der Waals surface area (Å²) in [6.07, 6.45) is 4.43. The Morgan fingerprint density at radius 2 is 1.95 bits per heavy atom. The zero-order chi connectivity index (χ0) is 29.1. The van der Waals surface area contributed by atoms with Crippen LogP contribution in [0.5, 0.6) is 5.75 Å². The molecule has 10 heteroatoms. The van der Waals surface area contributed by atoms with Crippen molar-refractivity contribution in [3.63, 3.8) is 0 Å². The number of carbonyl (C=O) groups is 2. The lowest BCUT2D eigenvalue weighted by Crippen LogP contribution is -2.29. The average Bonchev–Trinajstić information content (AvgIpc) is 3.76. The minimum absolute atomic E-state index is 0.0244. The molecule has 0 spiro atoms. The number of carbonyl (C=O) groups excluding carboxylic acids is 2. The van der Waals surface area contributed by atoms with E-state index in [1.165, 1.54) is 35.5 Å². The second-order valence-electron chi connectivity index (χ2n) is 10.2. The third-order valence-electron chi connectivity index (χ3n) is 6.97. The van der Waals surface area contributed by atoms with Gasteiger partial charge in [-0.1, -0.05) is 26.5 Å². The van der Waals surface area contributed by atoms with E-state index in [4.69, 9.17) is 10.5 Å². The van der Waals surface area contributed by atoms with Crippen LogP contribution in [0.25, 0.3) is 11.3 Å². The lowest BCUT2D eigenvalue weighted by Gasteiger charge is -2.19. The van der Waals surface area contributed by atoms with Crippen molar-refractivity contribution in [2.24, 2.45) is 0 Å². The molecule has 1 heterocycles. The van der Waals surface area contributed by atoms with E-state index < -0.39 is 17.5 Å². The standard InChI is InChI=1S/C30H33F2N5O3/c1-6-25(38)37(5)9-10-40-28-27(34-15-35-29(28)33)22-13-20(31)14-24(17(22)4)36-30(39)26-21(16(2)3)11-19(12-23(26)32)18-7-8-18/h6,11-16,18H,1,7-10H2,2-5H3,(H,36,39)(H2,33,34,35). The summed E-state index contributed by atoms with van der Waals surface area (Å²) in [5.41, 5.74) is 8.65. The van der Waals surface area contributed by atoms with Gasteiger partial charge in [-0.2, -0.15) is 0 Å². The van der Waals surface area contributed by atoms with Crippen molar-refractivity contribution < 1.29 is 23.1 Å². The van der Waals surface area contributed by atoms with Crippen molar-refractivity contribution in [1.29, 1.82) is 0 Å². The summed E-state index contributed by atoms with van der Waals surface area (Å²) in [7, 11) is 1.60. The summed E-state index contributed by atoms with van der Waals surface area (Å²) in [5.74, 6) is -1.83. The Balaban J connectivity index is 1.66. The van der Waals surface area contributed by atoms with E-state index in [1.807, 2.05) is 19.9 Å². The zero-order valence-corrected chi connectivity index (χ0v) is 23.1. The number of halogens is 2. The quantitative estimate of drug-likeness (QED) is 0.319. The molecule has 4 rings (SSSR count). The Kier molecular flexibility index (Phi) is 8.46. The average molecular weight is 550 g/mol. The third kappa shape index (κ3) is 6.11. The van der Waals surface area contributed by atoms with E-state index in [2.05, 4.69) is 21.9 Å². The van der Waals surface area contributed by atoms with E-state index in [0.717, 1.165) is 18.4 Å². The molecule has 1 aliphatic rings. The van der Waals surface area contributed by atoms with Crippen LogP contribution in [0.2, 0.25) is 0 Å². The lowest BCUT2D eigenvalue weighted by atomic mass is 9.92. The summed E-state index contributed by atoms with van der Waals surface area (Å²) < 4.78 is 36.0. The number of nitrogens with one attached hydrogen (secondary N) is 1. The number of aromatic nitrogens is 2. The van der Waals surface area contributed by atoms with Gasteiger partial charge >= 0.3 is 0 Å². The number of ether oxygens (including phenoxy) is 1. The van der Waals surface area contributed by atoms with Crippen LogP contribution in [0.3, 0.4) is 0 Å². The van der Waals surface area contributed by atoms with Crippen LogP contribution >= 0.6 is 0 Å². The fourth-order valence-electron chi connectivity index (χ4n) is 4.51. The fraction of sp³-hybridized carbons (Fsp3) is 0.333. The minimum Gasteiger partial charge on any atom is -0.486 e. The second kappa shape index (κ2) is 11.8. The molecule has 0 bridgehead atoms. The SMILES string of the molecule is C=CC(=O)N(C)CCOc1c(N)ncnc1-c1cc(F)cc(NC(=O)c2c(F)cc(C3CC3)cc2C(C)C)c1C. The maximum atomic E-state index is 15.3. The molecule has 0 unspecified atom stereocenters. The number of nitrogens with two attached hydrogens (primary N) is 1. The predicted octanol–water partition coefficient (Wildman–Crippen LogP) is 5.59. The first-order chi connectivity index (χ1) is 19.0. The van der Waals surface area contributed by atoms with Crippen molar-refractivity contribution in [1.82, 2.24) is 14.9 Å². The zero-order valence-electron chi connectivity index (χ0n) is 23.1. The maximum Gasteiger partial charge on any atom is 0.258 e. The number of hydrogen-bond acceptors (Lipinski definition) is 6. The summed E-state index contributed by atoms with van der Waals surface area (Å²) in [4.78, 5) is 34.8. The first kappa shape index (κ1) is 28.7. The van der Waals surface area contributed by atoms with E-state index >= 15 is 4.39 Å². The second-order valence-corrected chi connectivity index (χ2v) is 10.2. The summed E-state index contributed by atoms with van der Waals surface area (Å²) >= 11 is 0. The van der Waals surface area contributed by atoms with Crippen molar-refractivity contribution in [3.05, 3.63) is 77.1 Å². The van der Waals surface area contributed by atoms with Gasteiger partial charge in [-0.3, -0.25) is 9.59 Å². The number of likely N-dealkylation sites (N-methyl/N-ethyl adjacent to an activating group) is 1. The molecule has 40 heavy (non-hydrogen) atoms. The molecule has 1 fully saturated rings. The molecule has 2 amide bonds. The highest BCUT2D eigenvalue weighted by Gasteiger charge is 2.28. The largest absolute Gasteiger partial charge is 0.486 e. The number of benzene rings is 2. The fourth-order valence-corrected chi connectivity index (χ4v) is 4.51. The van der Waals surface area contributed by atoms with Gasteiger partial charge in [-0.15, -0.1) is 0 Å². The van der Waals surface area contributed by atoms with Gasteiger partial charge in [0.2, 0.25) is 5.91 Å². The first-order valence-electron chi connectivity index (χ1n) is 13.1. The molecular weight excluding hydrogens is 516 g/mol. The van der Waals surface area contributed by atoms with Gasteiger partial charge in [0.05, 0.1) is 12.1 Å².